The van der Waals surface area contributed by atoms with Gasteiger partial charge in [0, 0.05) is 23.8 Å². The molecule has 1 N–H and O–H groups in total. The highest BCUT2D eigenvalue weighted by molar-refractivity contribution is 5.77. The quantitative estimate of drug-likeness (QED) is 0.761. The first-order chi connectivity index (χ1) is 8.88. The molecule has 0 aliphatic carbocycles. The molecule has 0 saturated heterocycles. The number of hydrogen-bond donors (Lipinski definition) is 1. The van der Waals surface area contributed by atoms with Gasteiger partial charge in [-0.1, -0.05) is 30.3 Å². The Labute approximate surface area is 105 Å². The zero-order valence-electron chi connectivity index (χ0n) is 9.95. The van der Waals surface area contributed by atoms with Crippen molar-refractivity contribution in [3.63, 3.8) is 0 Å². The lowest BCUT2D eigenvalue weighted by Crippen LogP contribution is -2.04. The largest absolute Gasteiger partial charge is 0.390 e. The van der Waals surface area contributed by atoms with Crippen LogP contribution in [-0.2, 0) is 13.2 Å². The normalized spacial score (nSPS) is 10.9. The van der Waals surface area contributed by atoms with Crippen LogP contribution in [0, 0.1) is 0 Å². The van der Waals surface area contributed by atoms with Gasteiger partial charge in [-0.25, -0.2) is 4.98 Å². The molecule has 0 saturated carbocycles. The number of aromatic nitrogens is 2. The first kappa shape index (κ1) is 11.0. The van der Waals surface area contributed by atoms with Gasteiger partial charge in [0.15, 0.2) is 0 Å². The summed E-state index contributed by atoms with van der Waals surface area (Å²) in [6, 6.07) is 16.1. The van der Waals surface area contributed by atoms with Gasteiger partial charge in [0.05, 0.1) is 6.61 Å². The van der Waals surface area contributed by atoms with Gasteiger partial charge < -0.3 is 9.67 Å². The van der Waals surface area contributed by atoms with Crippen LogP contribution in [0.25, 0.3) is 11.0 Å². The second kappa shape index (κ2) is 4.63. The Morgan fingerprint density at radius 2 is 1.89 bits per heavy atom. The van der Waals surface area contributed by atoms with Gasteiger partial charge in [-0.15, -0.1) is 0 Å². The van der Waals surface area contributed by atoms with E-state index in [0.717, 1.165) is 23.3 Å². The molecule has 3 nitrogen and oxygen atoms in total. The highest BCUT2D eigenvalue weighted by Crippen LogP contribution is 2.19. The molecule has 90 valence electrons. The van der Waals surface area contributed by atoms with Crippen molar-refractivity contribution in [2.24, 2.45) is 0 Å². The predicted molar refractivity (Wildman–Crippen MR) is 71.2 cm³/mol. The Hall–Kier alpha value is -2.13. The lowest BCUT2D eigenvalue weighted by Gasteiger charge is -2.08. The second-order valence-corrected chi connectivity index (χ2v) is 4.28. The monoisotopic (exact) mass is 238 g/mol. The van der Waals surface area contributed by atoms with E-state index in [2.05, 4.69) is 21.7 Å². The number of fused-ring (bicyclic) bond motifs is 1. The number of aliphatic hydroxyl groups is 1. The summed E-state index contributed by atoms with van der Waals surface area (Å²) in [6.45, 7) is 0.764. The van der Waals surface area contributed by atoms with Gasteiger partial charge in [0.2, 0.25) is 0 Å². The van der Waals surface area contributed by atoms with Crippen molar-refractivity contribution in [2.45, 2.75) is 13.2 Å². The summed E-state index contributed by atoms with van der Waals surface area (Å²) >= 11 is 0. The molecule has 0 aliphatic rings. The summed E-state index contributed by atoms with van der Waals surface area (Å²) in [5, 5.41) is 10.5. The molecule has 0 fully saturated rings. The minimum Gasteiger partial charge on any atom is -0.390 e. The fourth-order valence-electron chi connectivity index (χ4n) is 2.21. The maximum atomic E-state index is 9.45. The van der Waals surface area contributed by atoms with Gasteiger partial charge in [-0.05, 0) is 23.8 Å². The van der Waals surface area contributed by atoms with E-state index in [0.29, 0.717) is 0 Å². The number of nitrogens with zero attached hydrogens (tertiary/aromatic N) is 2. The standard InChI is InChI=1S/C15H14N2O/c18-11-14-9-13-7-4-8-16-15(13)17(14)10-12-5-2-1-3-6-12/h1-9,18H,10-11H2. The van der Waals surface area contributed by atoms with Crippen molar-refractivity contribution >= 4 is 11.0 Å². The minimum absolute atomic E-state index is 0.0309. The molecule has 1 aromatic carbocycles. The van der Waals surface area contributed by atoms with Crippen LogP contribution in [0.1, 0.15) is 11.3 Å². The van der Waals surface area contributed by atoms with Crippen LogP contribution in [0.15, 0.2) is 54.7 Å². The summed E-state index contributed by atoms with van der Waals surface area (Å²) in [5.41, 5.74) is 3.02. The molecule has 2 heterocycles. The third kappa shape index (κ3) is 1.89. The lowest BCUT2D eigenvalue weighted by atomic mass is 10.2. The highest BCUT2D eigenvalue weighted by atomic mass is 16.3. The molecule has 0 atom stereocenters. The summed E-state index contributed by atoms with van der Waals surface area (Å²) < 4.78 is 2.06. The van der Waals surface area contributed by atoms with Crippen molar-refractivity contribution in [1.82, 2.24) is 9.55 Å². The number of aliphatic hydroxyl groups excluding tert-OH is 1. The average Bonchev–Trinajstić information content (AvgIpc) is 2.78. The lowest BCUT2D eigenvalue weighted by molar-refractivity contribution is 0.272. The fraction of sp³-hybridized carbons (Fsp3) is 0.133. The molecular weight excluding hydrogens is 224 g/mol. The van der Waals surface area contributed by atoms with Crippen LogP contribution < -0.4 is 0 Å². The molecule has 2 aromatic heterocycles. The average molecular weight is 238 g/mol. The Morgan fingerprint density at radius 3 is 2.67 bits per heavy atom. The smallest absolute Gasteiger partial charge is 0.140 e. The van der Waals surface area contributed by atoms with Gasteiger partial charge in [0.25, 0.3) is 0 Å². The second-order valence-electron chi connectivity index (χ2n) is 4.28. The minimum atomic E-state index is 0.0309. The van der Waals surface area contributed by atoms with E-state index < -0.39 is 0 Å². The van der Waals surface area contributed by atoms with Crippen molar-refractivity contribution in [3.05, 3.63) is 66.0 Å². The van der Waals surface area contributed by atoms with Crippen molar-refractivity contribution < 1.29 is 5.11 Å². The molecular formula is C15H14N2O. The number of pyridine rings is 1. The van der Waals surface area contributed by atoms with Gasteiger partial charge >= 0.3 is 0 Å². The summed E-state index contributed by atoms with van der Waals surface area (Å²) in [7, 11) is 0. The van der Waals surface area contributed by atoms with Crippen LogP contribution in [-0.4, -0.2) is 14.7 Å². The van der Waals surface area contributed by atoms with Crippen LogP contribution >= 0.6 is 0 Å². The fourth-order valence-corrected chi connectivity index (χ4v) is 2.21. The van der Waals surface area contributed by atoms with E-state index in [1.165, 1.54) is 5.56 Å². The Bertz CT molecular complexity index is 659. The first-order valence-corrected chi connectivity index (χ1v) is 5.96. The maximum Gasteiger partial charge on any atom is 0.140 e. The van der Waals surface area contributed by atoms with Crippen LogP contribution in [0.4, 0.5) is 0 Å². The Kier molecular flexibility index (Phi) is 2.82. The molecule has 0 unspecified atom stereocenters. The van der Waals surface area contributed by atoms with Crippen LogP contribution in [0.2, 0.25) is 0 Å². The topological polar surface area (TPSA) is 38.1 Å². The number of hydrogen-bond acceptors (Lipinski definition) is 2. The predicted octanol–water partition coefficient (Wildman–Crippen LogP) is 2.58. The summed E-state index contributed by atoms with van der Waals surface area (Å²) in [4.78, 5) is 4.40. The van der Waals surface area contributed by atoms with Crippen molar-refractivity contribution in [1.29, 1.82) is 0 Å². The van der Waals surface area contributed by atoms with Crippen molar-refractivity contribution in [2.75, 3.05) is 0 Å². The van der Waals surface area contributed by atoms with E-state index in [1.807, 2.05) is 36.4 Å². The van der Waals surface area contributed by atoms with Gasteiger partial charge in [0.1, 0.15) is 5.65 Å². The molecule has 3 aromatic rings. The van der Waals surface area contributed by atoms with Gasteiger partial charge in [-0.2, -0.15) is 0 Å². The highest BCUT2D eigenvalue weighted by Gasteiger charge is 2.08. The van der Waals surface area contributed by atoms with E-state index in [1.54, 1.807) is 6.20 Å². The SMILES string of the molecule is OCc1cc2cccnc2n1Cc1ccccc1. The third-order valence-electron chi connectivity index (χ3n) is 3.09. The van der Waals surface area contributed by atoms with Crippen LogP contribution in [0.3, 0.4) is 0 Å². The molecule has 0 spiro atoms. The van der Waals surface area contributed by atoms with Crippen molar-refractivity contribution in [3.8, 4) is 0 Å². The molecule has 0 aliphatic heterocycles. The van der Waals surface area contributed by atoms with E-state index in [4.69, 9.17) is 0 Å². The third-order valence-corrected chi connectivity index (χ3v) is 3.09. The van der Waals surface area contributed by atoms with E-state index >= 15 is 0 Å². The molecule has 0 radical (unpaired) electrons. The molecule has 3 heteroatoms. The van der Waals surface area contributed by atoms with Gasteiger partial charge in [-0.3, -0.25) is 0 Å². The Balaban J connectivity index is 2.10. The zero-order chi connectivity index (χ0) is 12.4. The molecule has 3 rings (SSSR count). The number of rotatable bonds is 3. The zero-order valence-corrected chi connectivity index (χ0v) is 9.95. The molecule has 18 heavy (non-hydrogen) atoms. The summed E-state index contributed by atoms with van der Waals surface area (Å²) in [6.07, 6.45) is 1.78. The number of benzene rings is 1. The van der Waals surface area contributed by atoms with Crippen LogP contribution in [0.5, 0.6) is 0 Å². The molecule has 0 bridgehead atoms. The van der Waals surface area contributed by atoms with E-state index in [-0.39, 0.29) is 6.61 Å². The Morgan fingerprint density at radius 1 is 1.06 bits per heavy atom. The molecule has 0 amide bonds. The first-order valence-electron chi connectivity index (χ1n) is 5.96. The maximum absolute atomic E-state index is 9.45. The van der Waals surface area contributed by atoms with E-state index in [9.17, 15) is 5.11 Å². The summed E-state index contributed by atoms with van der Waals surface area (Å²) in [5.74, 6) is 0.